The second kappa shape index (κ2) is 7.74. The summed E-state index contributed by atoms with van der Waals surface area (Å²) in [7, 11) is 0. The molecule has 0 spiro atoms. The van der Waals surface area contributed by atoms with E-state index in [2.05, 4.69) is 9.98 Å². The van der Waals surface area contributed by atoms with E-state index in [0.29, 0.717) is 5.56 Å². The molecule has 2 rings (SSSR count). The lowest BCUT2D eigenvalue weighted by Gasteiger charge is -2.27. The van der Waals surface area contributed by atoms with E-state index >= 15 is 0 Å². The maximum atomic E-state index is 12.8. The summed E-state index contributed by atoms with van der Waals surface area (Å²) in [4.78, 5) is 9.89. The zero-order valence-corrected chi connectivity index (χ0v) is 13.7. The van der Waals surface area contributed by atoms with Gasteiger partial charge >= 0.3 is 6.18 Å². The van der Waals surface area contributed by atoms with Crippen molar-refractivity contribution in [1.29, 1.82) is 0 Å². The first-order valence-corrected chi connectivity index (χ1v) is 7.90. The number of piperidine rings is 1. The van der Waals surface area contributed by atoms with Crippen molar-refractivity contribution in [3.8, 4) is 0 Å². The molecule has 1 heterocycles. The Labute approximate surface area is 143 Å². The zero-order chi connectivity index (χ0) is 17.7. The van der Waals surface area contributed by atoms with Crippen LogP contribution in [-0.4, -0.2) is 29.9 Å². The molecule has 0 atom stereocenters. The number of nitrogens with two attached hydrogens (primary N) is 2. The summed E-state index contributed by atoms with van der Waals surface area (Å²) in [5.41, 5.74) is 11.0. The lowest BCUT2D eigenvalue weighted by Crippen LogP contribution is -2.41. The van der Waals surface area contributed by atoms with E-state index in [-0.39, 0.29) is 23.5 Å². The Morgan fingerprint density at radius 3 is 2.46 bits per heavy atom. The van der Waals surface area contributed by atoms with Crippen LogP contribution in [0.5, 0.6) is 0 Å². The summed E-state index contributed by atoms with van der Waals surface area (Å²) < 4.78 is 38.4. The molecule has 1 aromatic rings. The van der Waals surface area contributed by atoms with Crippen molar-refractivity contribution in [3.05, 3.63) is 34.3 Å². The molecule has 1 aliphatic rings. The molecule has 9 heteroatoms. The Kier molecular flexibility index (Phi) is 5.93. The van der Waals surface area contributed by atoms with Crippen LogP contribution in [0.1, 0.15) is 30.4 Å². The quantitative estimate of drug-likeness (QED) is 0.627. The molecule has 4 N–H and O–H groups in total. The summed E-state index contributed by atoms with van der Waals surface area (Å²) in [6, 6.07) is 3.61. The Hall–Kier alpha value is -1.96. The number of alkyl halides is 3. The van der Waals surface area contributed by atoms with E-state index in [1.165, 1.54) is 12.1 Å². The summed E-state index contributed by atoms with van der Waals surface area (Å²) in [6.45, 7) is 1.59. The van der Waals surface area contributed by atoms with Gasteiger partial charge in [0.1, 0.15) is 0 Å². The average molecular weight is 362 g/mol. The van der Waals surface area contributed by atoms with Crippen molar-refractivity contribution >= 4 is 23.5 Å². The first-order valence-electron chi connectivity index (χ1n) is 7.52. The maximum absolute atomic E-state index is 12.8. The first kappa shape index (κ1) is 18.4. The molecule has 0 saturated carbocycles. The minimum atomic E-state index is -4.51. The molecule has 0 amide bonds. The van der Waals surface area contributed by atoms with Gasteiger partial charge in [0.25, 0.3) is 0 Å². The van der Waals surface area contributed by atoms with Gasteiger partial charge in [-0.25, -0.2) is 4.99 Å². The van der Waals surface area contributed by atoms with Gasteiger partial charge in [-0.2, -0.15) is 18.2 Å². The minimum absolute atomic E-state index is 0.0388. The van der Waals surface area contributed by atoms with Crippen LogP contribution in [0.2, 0.25) is 5.02 Å². The number of rotatable bonds is 2. The third kappa shape index (κ3) is 5.02. The van der Waals surface area contributed by atoms with Gasteiger partial charge in [-0.05, 0) is 37.0 Å². The van der Waals surface area contributed by atoms with E-state index in [4.69, 9.17) is 23.1 Å². The molecule has 5 nitrogen and oxygen atoms in total. The number of hydrogen-bond acceptors (Lipinski definition) is 1. The second-order valence-corrected chi connectivity index (χ2v) is 5.91. The highest BCUT2D eigenvalue weighted by Gasteiger charge is 2.33. The number of nitrogens with zero attached hydrogens (tertiary/aromatic N) is 3. The summed E-state index contributed by atoms with van der Waals surface area (Å²) in [5.74, 6) is 0.213. The van der Waals surface area contributed by atoms with Crippen molar-refractivity contribution in [2.45, 2.75) is 32.0 Å². The zero-order valence-electron chi connectivity index (χ0n) is 13.0. The topological polar surface area (TPSA) is 80.0 Å². The summed E-state index contributed by atoms with van der Waals surface area (Å²) >= 11 is 5.57. The third-order valence-electron chi connectivity index (χ3n) is 3.67. The molecule has 24 heavy (non-hydrogen) atoms. The number of benzene rings is 1. The summed E-state index contributed by atoms with van der Waals surface area (Å²) in [5, 5.41) is -0.351. The SMILES string of the molecule is NC(=NCc1ccc(Cl)c(C(F)(F)F)c1)/N=C(\N)N1CCCCC1. The van der Waals surface area contributed by atoms with E-state index in [9.17, 15) is 13.2 Å². The van der Waals surface area contributed by atoms with Gasteiger partial charge in [-0.15, -0.1) is 0 Å². The van der Waals surface area contributed by atoms with Crippen LogP contribution >= 0.6 is 11.6 Å². The van der Waals surface area contributed by atoms with Crippen molar-refractivity contribution in [3.63, 3.8) is 0 Å². The highest BCUT2D eigenvalue weighted by molar-refractivity contribution is 6.31. The number of guanidine groups is 2. The van der Waals surface area contributed by atoms with Gasteiger partial charge in [-0.1, -0.05) is 17.7 Å². The predicted molar refractivity (Wildman–Crippen MR) is 88.8 cm³/mol. The Morgan fingerprint density at radius 2 is 1.83 bits per heavy atom. The molecule has 0 radical (unpaired) electrons. The molecule has 0 bridgehead atoms. The fourth-order valence-corrected chi connectivity index (χ4v) is 2.63. The van der Waals surface area contributed by atoms with Crippen molar-refractivity contribution < 1.29 is 13.2 Å². The molecular weight excluding hydrogens is 343 g/mol. The van der Waals surface area contributed by atoms with Crippen molar-refractivity contribution in [2.24, 2.45) is 21.5 Å². The molecular formula is C15H19ClF3N5. The van der Waals surface area contributed by atoms with Gasteiger partial charge in [0.15, 0.2) is 5.96 Å². The molecule has 0 aliphatic carbocycles. The smallest absolute Gasteiger partial charge is 0.369 e. The number of likely N-dealkylation sites (tertiary alicyclic amines) is 1. The molecule has 1 saturated heterocycles. The van der Waals surface area contributed by atoms with Gasteiger partial charge in [0.2, 0.25) is 5.96 Å². The normalized spacial score (nSPS) is 17.2. The lowest BCUT2D eigenvalue weighted by molar-refractivity contribution is -0.137. The van der Waals surface area contributed by atoms with E-state index in [1.54, 1.807) is 0 Å². The van der Waals surface area contributed by atoms with Crippen LogP contribution in [0.15, 0.2) is 28.2 Å². The molecule has 1 aliphatic heterocycles. The Morgan fingerprint density at radius 1 is 1.17 bits per heavy atom. The number of hydrogen-bond donors (Lipinski definition) is 2. The van der Waals surface area contributed by atoms with Crippen molar-refractivity contribution in [2.75, 3.05) is 13.1 Å². The van der Waals surface area contributed by atoms with Gasteiger partial charge < -0.3 is 16.4 Å². The monoisotopic (exact) mass is 361 g/mol. The van der Waals surface area contributed by atoms with E-state index in [1.807, 2.05) is 4.90 Å². The minimum Gasteiger partial charge on any atom is -0.369 e. The third-order valence-corrected chi connectivity index (χ3v) is 4.00. The van der Waals surface area contributed by atoms with Gasteiger partial charge in [0, 0.05) is 13.1 Å². The molecule has 0 unspecified atom stereocenters. The number of aliphatic imine (C=N–C) groups is 2. The fourth-order valence-electron chi connectivity index (χ4n) is 2.41. The standard InChI is InChI=1S/C15H19ClF3N5/c16-12-5-4-10(8-11(12)15(17,18)19)9-22-13(20)23-14(21)24-6-2-1-3-7-24/h4-5,8H,1-3,6-7,9H2,(H4,20,21,22,23). The van der Waals surface area contributed by atoms with Gasteiger partial charge in [-0.3, -0.25) is 0 Å². The second-order valence-electron chi connectivity index (χ2n) is 5.50. The van der Waals surface area contributed by atoms with Crippen LogP contribution < -0.4 is 11.5 Å². The first-order chi connectivity index (χ1) is 11.3. The highest BCUT2D eigenvalue weighted by atomic mass is 35.5. The van der Waals surface area contributed by atoms with Crippen molar-refractivity contribution in [1.82, 2.24) is 4.90 Å². The van der Waals surface area contributed by atoms with Crippen LogP contribution in [-0.2, 0) is 12.7 Å². The Balaban J connectivity index is 2.07. The molecule has 132 valence electrons. The average Bonchev–Trinajstić information content (AvgIpc) is 2.53. The number of halogens is 4. The fraction of sp³-hybridized carbons (Fsp3) is 0.467. The summed E-state index contributed by atoms with van der Waals surface area (Å²) in [6.07, 6.45) is -1.28. The molecule has 0 aromatic heterocycles. The highest BCUT2D eigenvalue weighted by Crippen LogP contribution is 2.35. The lowest BCUT2D eigenvalue weighted by atomic mass is 10.1. The van der Waals surface area contributed by atoms with Crippen LogP contribution in [0.4, 0.5) is 13.2 Å². The van der Waals surface area contributed by atoms with E-state index < -0.39 is 11.7 Å². The van der Waals surface area contributed by atoms with Crippen LogP contribution in [0.25, 0.3) is 0 Å². The van der Waals surface area contributed by atoms with Crippen LogP contribution in [0.3, 0.4) is 0 Å². The van der Waals surface area contributed by atoms with Gasteiger partial charge in [0.05, 0.1) is 17.1 Å². The predicted octanol–water partition coefficient (Wildman–Crippen LogP) is 2.97. The molecule has 1 fully saturated rings. The van der Waals surface area contributed by atoms with E-state index in [0.717, 1.165) is 38.4 Å². The largest absolute Gasteiger partial charge is 0.417 e. The van der Waals surface area contributed by atoms with Crippen LogP contribution in [0, 0.1) is 0 Å². The molecule has 1 aromatic carbocycles. The Bertz CT molecular complexity index is 636. The maximum Gasteiger partial charge on any atom is 0.417 e.